The van der Waals surface area contributed by atoms with Crippen LogP contribution in [-0.2, 0) is 17.5 Å². The van der Waals surface area contributed by atoms with Crippen LogP contribution in [0.3, 0.4) is 0 Å². The molecule has 134 valence electrons. The highest BCUT2D eigenvalue weighted by Gasteiger charge is 2.30. The van der Waals surface area contributed by atoms with Crippen LogP contribution < -0.4 is 0 Å². The maximum atomic E-state index is 12.5. The third-order valence-electron chi connectivity index (χ3n) is 3.40. The second-order valence-corrected chi connectivity index (χ2v) is 6.64. The van der Waals surface area contributed by atoms with Gasteiger partial charge in [-0.1, -0.05) is 35.5 Å². The number of nitrogens with zero attached hydrogens (tertiary/aromatic N) is 2. The number of carbonyl (C=O) groups is 1. The molecular weight excluding hydrogens is 373 g/mol. The van der Waals surface area contributed by atoms with Gasteiger partial charge in [-0.15, -0.1) is 0 Å². The average molecular weight is 389 g/mol. The minimum absolute atomic E-state index is 0.104. The van der Waals surface area contributed by atoms with Crippen molar-refractivity contribution in [1.82, 2.24) is 9.88 Å². The number of rotatable bonds is 6. The van der Waals surface area contributed by atoms with E-state index in [-0.39, 0.29) is 11.7 Å². The van der Waals surface area contributed by atoms with E-state index in [9.17, 15) is 18.0 Å². The van der Waals surface area contributed by atoms with E-state index in [2.05, 4.69) is 4.98 Å². The number of hydrogen-bond acceptors (Lipinski definition) is 3. The summed E-state index contributed by atoms with van der Waals surface area (Å²) in [5, 5.41) is 0.976. The summed E-state index contributed by atoms with van der Waals surface area (Å²) in [6, 6.07) is 9.48. The van der Waals surface area contributed by atoms with E-state index in [0.717, 1.165) is 29.6 Å². The molecule has 0 atom stereocenters. The number of pyridine rings is 1. The first-order valence-electron chi connectivity index (χ1n) is 7.48. The molecule has 0 aliphatic heterocycles. The second-order valence-electron chi connectivity index (χ2n) is 5.21. The number of alkyl halides is 3. The van der Waals surface area contributed by atoms with Crippen molar-refractivity contribution < 1.29 is 18.0 Å². The third-order valence-corrected chi connectivity index (χ3v) is 4.57. The molecule has 0 aliphatic carbocycles. The lowest BCUT2D eigenvalue weighted by Crippen LogP contribution is -2.31. The summed E-state index contributed by atoms with van der Waals surface area (Å²) < 4.78 is 37.5. The van der Waals surface area contributed by atoms with Crippen LogP contribution in [0.2, 0.25) is 5.02 Å². The highest BCUT2D eigenvalue weighted by Crippen LogP contribution is 2.29. The number of benzene rings is 1. The Hall–Kier alpha value is -1.73. The van der Waals surface area contributed by atoms with Gasteiger partial charge in [-0.3, -0.25) is 4.79 Å². The minimum Gasteiger partial charge on any atom is -0.338 e. The number of thioether (sulfide) groups is 1. The molecule has 1 amide bonds. The third kappa shape index (κ3) is 5.93. The Bertz CT molecular complexity index is 723. The fraction of sp³-hybridized carbons (Fsp3) is 0.294. The molecule has 0 fully saturated rings. The first kappa shape index (κ1) is 19.6. The smallest absolute Gasteiger partial charge is 0.338 e. The Kier molecular flexibility index (Phi) is 6.72. The first-order chi connectivity index (χ1) is 11.8. The second kappa shape index (κ2) is 8.58. The molecule has 0 N–H and O–H groups in total. The van der Waals surface area contributed by atoms with Crippen molar-refractivity contribution in [3.8, 4) is 0 Å². The molecule has 0 saturated carbocycles. The predicted octanol–water partition coefficient (Wildman–Crippen LogP) is 4.89. The number of aromatic nitrogens is 1. The molecule has 0 aliphatic rings. The van der Waals surface area contributed by atoms with E-state index in [1.165, 1.54) is 6.07 Å². The highest BCUT2D eigenvalue weighted by atomic mass is 35.5. The van der Waals surface area contributed by atoms with Crippen molar-refractivity contribution in [2.45, 2.75) is 24.7 Å². The maximum absolute atomic E-state index is 12.5. The lowest BCUT2D eigenvalue weighted by atomic mass is 10.2. The molecule has 1 heterocycles. The largest absolute Gasteiger partial charge is 0.417 e. The van der Waals surface area contributed by atoms with Gasteiger partial charge in [-0.2, -0.15) is 13.2 Å². The topological polar surface area (TPSA) is 33.2 Å². The first-order valence-corrected chi connectivity index (χ1v) is 8.84. The zero-order valence-corrected chi connectivity index (χ0v) is 15.0. The number of hydrogen-bond donors (Lipinski definition) is 0. The lowest BCUT2D eigenvalue weighted by Gasteiger charge is -2.21. The molecule has 1 aromatic carbocycles. The molecular formula is C17H16ClF3N2OS. The molecule has 8 heteroatoms. The Labute approximate surface area is 153 Å². The average Bonchev–Trinajstić information content (AvgIpc) is 2.57. The molecule has 3 nitrogen and oxygen atoms in total. The maximum Gasteiger partial charge on any atom is 0.417 e. The van der Waals surface area contributed by atoms with Gasteiger partial charge >= 0.3 is 6.18 Å². The predicted molar refractivity (Wildman–Crippen MR) is 92.5 cm³/mol. The summed E-state index contributed by atoms with van der Waals surface area (Å²) in [6.45, 7) is 2.81. The van der Waals surface area contributed by atoms with E-state index in [1.54, 1.807) is 17.0 Å². The standard InChI is InChI=1S/C17H16ClF3N2OS/c1-2-23(10-12-4-3-5-14(18)8-12)16(24)11-25-15-7-6-13(9-22-15)17(19,20)21/h3-9H,2,10-11H2,1H3. The van der Waals surface area contributed by atoms with E-state index in [0.29, 0.717) is 23.1 Å². The van der Waals surface area contributed by atoms with Crippen molar-refractivity contribution in [3.05, 3.63) is 58.7 Å². The molecule has 0 bridgehead atoms. The van der Waals surface area contributed by atoms with Crippen LogP contribution in [0.15, 0.2) is 47.6 Å². The fourth-order valence-electron chi connectivity index (χ4n) is 2.09. The summed E-state index contributed by atoms with van der Waals surface area (Å²) >= 11 is 7.05. The van der Waals surface area contributed by atoms with Gasteiger partial charge in [-0.25, -0.2) is 4.98 Å². The van der Waals surface area contributed by atoms with Gasteiger partial charge in [-0.05, 0) is 36.8 Å². The van der Waals surface area contributed by atoms with Crippen molar-refractivity contribution >= 4 is 29.3 Å². The highest BCUT2D eigenvalue weighted by molar-refractivity contribution is 7.99. The SMILES string of the molecule is CCN(Cc1cccc(Cl)c1)C(=O)CSc1ccc(C(F)(F)F)cn1. The van der Waals surface area contributed by atoms with Gasteiger partial charge in [0.05, 0.1) is 16.3 Å². The number of carbonyl (C=O) groups excluding carboxylic acids is 1. The Morgan fingerprint density at radius 1 is 1.28 bits per heavy atom. The quantitative estimate of drug-likeness (QED) is 0.660. The van der Waals surface area contributed by atoms with Gasteiger partial charge in [0.15, 0.2) is 0 Å². The molecule has 0 spiro atoms. The molecule has 0 radical (unpaired) electrons. The number of halogens is 4. The van der Waals surface area contributed by atoms with Gasteiger partial charge < -0.3 is 4.90 Å². The van der Waals surface area contributed by atoms with Crippen molar-refractivity contribution in [2.75, 3.05) is 12.3 Å². The normalized spacial score (nSPS) is 11.4. The Morgan fingerprint density at radius 3 is 2.60 bits per heavy atom. The van der Waals surface area contributed by atoms with Crippen LogP contribution in [0.25, 0.3) is 0 Å². The van der Waals surface area contributed by atoms with Gasteiger partial charge in [0.2, 0.25) is 5.91 Å². The van der Waals surface area contributed by atoms with Crippen LogP contribution in [0, 0.1) is 0 Å². The van der Waals surface area contributed by atoms with Crippen LogP contribution in [-0.4, -0.2) is 28.1 Å². The lowest BCUT2D eigenvalue weighted by molar-refractivity contribution is -0.138. The van der Waals surface area contributed by atoms with E-state index in [1.807, 2.05) is 19.1 Å². The van der Waals surface area contributed by atoms with Crippen molar-refractivity contribution in [1.29, 1.82) is 0 Å². The molecule has 25 heavy (non-hydrogen) atoms. The zero-order valence-electron chi connectivity index (χ0n) is 13.4. The summed E-state index contributed by atoms with van der Waals surface area (Å²) in [6.07, 6.45) is -3.64. The van der Waals surface area contributed by atoms with E-state index >= 15 is 0 Å². The van der Waals surface area contributed by atoms with Crippen LogP contribution in [0.4, 0.5) is 13.2 Å². The summed E-state index contributed by atoms with van der Waals surface area (Å²) in [7, 11) is 0. The summed E-state index contributed by atoms with van der Waals surface area (Å²) in [5.74, 6) is -0.0126. The van der Waals surface area contributed by atoms with Gasteiger partial charge in [0.1, 0.15) is 0 Å². The Morgan fingerprint density at radius 2 is 2.04 bits per heavy atom. The summed E-state index contributed by atoms with van der Waals surface area (Å²) in [5.41, 5.74) is 0.111. The molecule has 0 saturated heterocycles. The molecule has 2 aromatic rings. The Balaban J connectivity index is 1.93. The summed E-state index contributed by atoms with van der Waals surface area (Å²) in [4.78, 5) is 17.7. The minimum atomic E-state index is -4.41. The van der Waals surface area contributed by atoms with E-state index < -0.39 is 11.7 Å². The van der Waals surface area contributed by atoms with E-state index in [4.69, 9.17) is 11.6 Å². The van der Waals surface area contributed by atoms with Crippen molar-refractivity contribution in [3.63, 3.8) is 0 Å². The fourth-order valence-corrected chi connectivity index (χ4v) is 3.05. The van der Waals surface area contributed by atoms with Gasteiger partial charge in [0.25, 0.3) is 0 Å². The van der Waals surface area contributed by atoms with Crippen molar-refractivity contribution in [2.24, 2.45) is 0 Å². The molecule has 0 unspecified atom stereocenters. The van der Waals surface area contributed by atoms with Crippen LogP contribution in [0.5, 0.6) is 0 Å². The van der Waals surface area contributed by atoms with Crippen LogP contribution in [0.1, 0.15) is 18.1 Å². The van der Waals surface area contributed by atoms with Crippen LogP contribution >= 0.6 is 23.4 Å². The monoisotopic (exact) mass is 388 g/mol. The number of amides is 1. The van der Waals surface area contributed by atoms with Gasteiger partial charge in [0, 0.05) is 24.3 Å². The molecule has 1 aromatic heterocycles. The zero-order chi connectivity index (χ0) is 18.4. The molecule has 2 rings (SSSR count).